The van der Waals surface area contributed by atoms with E-state index in [-0.39, 0.29) is 11.4 Å². The topological polar surface area (TPSA) is 72.3 Å². The Labute approximate surface area is 114 Å². The van der Waals surface area contributed by atoms with Crippen molar-refractivity contribution in [2.24, 2.45) is 0 Å². The highest BCUT2D eigenvalue weighted by Crippen LogP contribution is 2.29. The van der Waals surface area contributed by atoms with Crippen LogP contribution in [0.2, 0.25) is 0 Å². The Morgan fingerprint density at radius 1 is 1.15 bits per heavy atom. The number of nitrogens with zero attached hydrogens (tertiary/aromatic N) is 2. The lowest BCUT2D eigenvalue weighted by Gasteiger charge is -2.07. The molecule has 0 aliphatic carbocycles. The van der Waals surface area contributed by atoms with Crippen LogP contribution in [-0.2, 0) is 4.74 Å². The SMILES string of the molecule is COC(=O)c1cc(O)c2ccc3ccc(C)nc3c2n1. The summed E-state index contributed by atoms with van der Waals surface area (Å²) in [7, 11) is 1.27. The molecule has 2 aromatic heterocycles. The number of ether oxygens (including phenoxy) is 1. The van der Waals surface area contributed by atoms with Gasteiger partial charge in [-0.15, -0.1) is 0 Å². The number of carbonyl (C=O) groups excluding carboxylic acids is 1. The van der Waals surface area contributed by atoms with Crippen molar-refractivity contribution in [1.29, 1.82) is 0 Å². The van der Waals surface area contributed by atoms with Crippen LogP contribution >= 0.6 is 0 Å². The second-order valence-electron chi connectivity index (χ2n) is 4.50. The van der Waals surface area contributed by atoms with Gasteiger partial charge in [0.05, 0.1) is 12.6 Å². The van der Waals surface area contributed by atoms with Gasteiger partial charge in [0.15, 0.2) is 5.69 Å². The summed E-state index contributed by atoms with van der Waals surface area (Å²) in [5.41, 5.74) is 2.05. The van der Waals surface area contributed by atoms with E-state index in [1.165, 1.54) is 13.2 Å². The molecule has 0 aliphatic heterocycles. The zero-order valence-corrected chi connectivity index (χ0v) is 11.0. The average molecular weight is 268 g/mol. The Hall–Kier alpha value is -2.69. The highest BCUT2D eigenvalue weighted by atomic mass is 16.5. The van der Waals surface area contributed by atoms with Crippen LogP contribution in [0.25, 0.3) is 21.8 Å². The fourth-order valence-corrected chi connectivity index (χ4v) is 2.16. The molecule has 0 atom stereocenters. The van der Waals surface area contributed by atoms with E-state index in [1.54, 1.807) is 6.07 Å². The van der Waals surface area contributed by atoms with Gasteiger partial charge in [-0.1, -0.05) is 12.1 Å². The zero-order valence-electron chi connectivity index (χ0n) is 11.0. The van der Waals surface area contributed by atoms with E-state index in [0.717, 1.165) is 11.1 Å². The molecule has 0 bridgehead atoms. The second kappa shape index (κ2) is 4.45. The third-order valence-electron chi connectivity index (χ3n) is 3.15. The molecule has 3 rings (SSSR count). The summed E-state index contributed by atoms with van der Waals surface area (Å²) >= 11 is 0. The summed E-state index contributed by atoms with van der Waals surface area (Å²) in [6.07, 6.45) is 0. The highest BCUT2D eigenvalue weighted by Gasteiger charge is 2.14. The lowest BCUT2D eigenvalue weighted by Crippen LogP contribution is -2.04. The minimum atomic E-state index is -0.591. The Morgan fingerprint density at radius 2 is 1.90 bits per heavy atom. The Morgan fingerprint density at radius 3 is 2.65 bits per heavy atom. The summed E-state index contributed by atoms with van der Waals surface area (Å²) in [5, 5.41) is 11.5. The number of hydrogen-bond donors (Lipinski definition) is 1. The molecule has 0 aliphatic rings. The number of pyridine rings is 2. The minimum absolute atomic E-state index is 0.0133. The van der Waals surface area contributed by atoms with Gasteiger partial charge < -0.3 is 9.84 Å². The van der Waals surface area contributed by atoms with E-state index >= 15 is 0 Å². The number of carbonyl (C=O) groups is 1. The van der Waals surface area contributed by atoms with Crippen molar-refractivity contribution in [3.63, 3.8) is 0 Å². The van der Waals surface area contributed by atoms with E-state index in [1.807, 2.05) is 25.1 Å². The maximum Gasteiger partial charge on any atom is 0.356 e. The maximum absolute atomic E-state index is 11.6. The van der Waals surface area contributed by atoms with Crippen molar-refractivity contribution in [3.05, 3.63) is 41.7 Å². The normalized spacial score (nSPS) is 10.9. The Kier molecular flexibility index (Phi) is 2.75. The van der Waals surface area contributed by atoms with Crippen molar-refractivity contribution >= 4 is 27.8 Å². The molecular weight excluding hydrogens is 256 g/mol. The first-order valence-corrected chi connectivity index (χ1v) is 6.08. The fraction of sp³-hybridized carbons (Fsp3) is 0.133. The van der Waals surface area contributed by atoms with E-state index < -0.39 is 5.97 Å². The van der Waals surface area contributed by atoms with Crippen molar-refractivity contribution in [1.82, 2.24) is 9.97 Å². The predicted molar refractivity (Wildman–Crippen MR) is 74.8 cm³/mol. The van der Waals surface area contributed by atoms with Crippen LogP contribution in [0.3, 0.4) is 0 Å². The Bertz CT molecular complexity index is 843. The van der Waals surface area contributed by atoms with E-state index in [2.05, 4.69) is 14.7 Å². The fourth-order valence-electron chi connectivity index (χ4n) is 2.16. The first kappa shape index (κ1) is 12.3. The molecule has 0 radical (unpaired) electrons. The van der Waals surface area contributed by atoms with E-state index in [9.17, 15) is 9.90 Å². The minimum Gasteiger partial charge on any atom is -0.507 e. The monoisotopic (exact) mass is 268 g/mol. The van der Waals surface area contributed by atoms with Crippen LogP contribution in [0.15, 0.2) is 30.3 Å². The van der Waals surface area contributed by atoms with Crippen LogP contribution in [0.1, 0.15) is 16.2 Å². The average Bonchev–Trinajstić information content (AvgIpc) is 2.46. The third-order valence-corrected chi connectivity index (χ3v) is 3.15. The van der Waals surface area contributed by atoms with E-state index in [0.29, 0.717) is 16.4 Å². The molecular formula is C15H12N2O3. The van der Waals surface area contributed by atoms with Crippen LogP contribution in [0, 0.1) is 6.92 Å². The Balaban J connectivity index is 2.44. The second-order valence-corrected chi connectivity index (χ2v) is 4.50. The predicted octanol–water partition coefficient (Wildman–Crippen LogP) is 2.58. The van der Waals surface area contributed by atoms with Crippen LogP contribution in [0.4, 0.5) is 0 Å². The molecule has 0 saturated heterocycles. The van der Waals surface area contributed by atoms with Gasteiger partial charge in [-0.2, -0.15) is 0 Å². The molecule has 0 unspecified atom stereocenters. The van der Waals surface area contributed by atoms with E-state index in [4.69, 9.17) is 0 Å². The van der Waals surface area contributed by atoms with Gasteiger partial charge in [-0.3, -0.25) is 4.98 Å². The summed E-state index contributed by atoms with van der Waals surface area (Å²) in [6, 6.07) is 8.76. The molecule has 1 N–H and O–H groups in total. The molecule has 100 valence electrons. The molecule has 0 amide bonds. The number of esters is 1. The molecule has 2 heterocycles. The molecule has 3 aromatic rings. The number of fused-ring (bicyclic) bond motifs is 3. The first-order chi connectivity index (χ1) is 9.60. The number of methoxy groups -OCH3 is 1. The summed E-state index contributed by atoms with van der Waals surface area (Å²) in [5.74, 6) is -0.604. The van der Waals surface area contributed by atoms with Crippen molar-refractivity contribution < 1.29 is 14.6 Å². The number of benzene rings is 1. The number of rotatable bonds is 1. The van der Waals surface area contributed by atoms with Crippen molar-refractivity contribution in [2.45, 2.75) is 6.92 Å². The molecule has 1 aromatic carbocycles. The van der Waals surface area contributed by atoms with Gasteiger partial charge in [0.25, 0.3) is 0 Å². The van der Waals surface area contributed by atoms with Crippen LogP contribution in [-0.4, -0.2) is 28.2 Å². The molecule has 20 heavy (non-hydrogen) atoms. The van der Waals surface area contributed by atoms with Crippen molar-refractivity contribution in [3.8, 4) is 5.75 Å². The standard InChI is InChI=1S/C15H12N2O3/c1-8-3-4-9-5-6-10-12(18)7-11(15(19)20-2)17-14(10)13(9)16-8/h3-7H,1-2H3,(H,17,18). The van der Waals surface area contributed by atoms with Gasteiger partial charge in [0.1, 0.15) is 11.3 Å². The lowest BCUT2D eigenvalue weighted by atomic mass is 10.1. The molecule has 5 nitrogen and oxygen atoms in total. The van der Waals surface area contributed by atoms with Crippen LogP contribution < -0.4 is 0 Å². The first-order valence-electron chi connectivity index (χ1n) is 6.08. The molecule has 0 saturated carbocycles. The third kappa shape index (κ3) is 1.84. The van der Waals surface area contributed by atoms with Gasteiger partial charge in [0, 0.05) is 22.5 Å². The van der Waals surface area contributed by atoms with Gasteiger partial charge >= 0.3 is 5.97 Å². The van der Waals surface area contributed by atoms with Crippen molar-refractivity contribution in [2.75, 3.05) is 7.11 Å². The number of aryl methyl sites for hydroxylation is 1. The molecule has 5 heteroatoms. The van der Waals surface area contributed by atoms with Gasteiger partial charge in [-0.25, -0.2) is 9.78 Å². The number of aromatic hydroxyl groups is 1. The summed E-state index contributed by atoms with van der Waals surface area (Å²) in [6.45, 7) is 1.88. The largest absolute Gasteiger partial charge is 0.507 e. The number of hydrogen-bond acceptors (Lipinski definition) is 5. The van der Waals surface area contributed by atoms with Gasteiger partial charge in [-0.05, 0) is 19.1 Å². The summed E-state index contributed by atoms with van der Waals surface area (Å²) in [4.78, 5) is 20.3. The zero-order chi connectivity index (χ0) is 14.3. The smallest absolute Gasteiger partial charge is 0.356 e. The lowest BCUT2D eigenvalue weighted by molar-refractivity contribution is 0.0594. The van der Waals surface area contributed by atoms with Crippen LogP contribution in [0.5, 0.6) is 5.75 Å². The number of aromatic nitrogens is 2. The summed E-state index contributed by atoms with van der Waals surface area (Å²) < 4.78 is 4.64. The molecule has 0 fully saturated rings. The highest BCUT2D eigenvalue weighted by molar-refractivity contribution is 6.06. The maximum atomic E-state index is 11.6. The quantitative estimate of drug-likeness (QED) is 0.542. The molecule has 0 spiro atoms. The van der Waals surface area contributed by atoms with Gasteiger partial charge in [0.2, 0.25) is 0 Å².